The summed E-state index contributed by atoms with van der Waals surface area (Å²) in [6, 6.07) is 16.3. The number of nitrogens with one attached hydrogen (secondary N) is 1. The topological polar surface area (TPSA) is 42.7 Å². The van der Waals surface area contributed by atoms with E-state index in [0.29, 0.717) is 6.54 Å². The lowest BCUT2D eigenvalue weighted by molar-refractivity contribution is 0.740. The van der Waals surface area contributed by atoms with Gasteiger partial charge in [-0.2, -0.15) is 15.0 Å². The molecule has 4 nitrogen and oxygen atoms in total. The van der Waals surface area contributed by atoms with Gasteiger partial charge in [-0.1, -0.05) is 24.3 Å². The van der Waals surface area contributed by atoms with Crippen LogP contribution in [0.2, 0.25) is 0 Å². The van der Waals surface area contributed by atoms with Crippen molar-refractivity contribution in [2.75, 3.05) is 5.32 Å². The van der Waals surface area contributed by atoms with Crippen molar-refractivity contribution in [3.63, 3.8) is 0 Å². The lowest BCUT2D eigenvalue weighted by Crippen LogP contribution is -2.03. The quantitative estimate of drug-likeness (QED) is 0.794. The van der Waals surface area contributed by atoms with Gasteiger partial charge < -0.3 is 5.32 Å². The predicted octanol–water partition coefficient (Wildman–Crippen LogP) is 3.50. The first-order valence-corrected chi connectivity index (χ1v) is 6.99. The SMILES string of the molecule is Cc1cc(C)cc(NCc2cnn(-c3ccccc3)n2)c1. The molecular formula is C17H18N4. The molecule has 3 rings (SSSR count). The monoisotopic (exact) mass is 278 g/mol. The first kappa shape index (κ1) is 13.4. The van der Waals surface area contributed by atoms with Crippen molar-refractivity contribution in [3.8, 4) is 5.69 Å². The van der Waals surface area contributed by atoms with Gasteiger partial charge in [-0.05, 0) is 49.2 Å². The van der Waals surface area contributed by atoms with E-state index in [1.807, 2.05) is 30.3 Å². The van der Waals surface area contributed by atoms with Crippen molar-refractivity contribution in [2.45, 2.75) is 20.4 Å². The Labute approximate surface area is 124 Å². The molecule has 2 aromatic carbocycles. The van der Waals surface area contributed by atoms with Crippen molar-refractivity contribution < 1.29 is 0 Å². The summed E-state index contributed by atoms with van der Waals surface area (Å²) in [7, 11) is 0. The molecule has 0 bridgehead atoms. The fourth-order valence-electron chi connectivity index (χ4n) is 2.33. The van der Waals surface area contributed by atoms with E-state index in [9.17, 15) is 0 Å². The van der Waals surface area contributed by atoms with E-state index in [1.54, 1.807) is 11.0 Å². The highest BCUT2D eigenvalue weighted by Crippen LogP contribution is 2.14. The molecule has 0 unspecified atom stereocenters. The lowest BCUT2D eigenvalue weighted by Gasteiger charge is -2.06. The standard InChI is InChI=1S/C17H18N4/c1-13-8-14(2)10-15(9-13)18-11-16-12-19-21(20-16)17-6-4-3-5-7-17/h3-10,12,18H,11H2,1-2H3. The number of aromatic nitrogens is 3. The van der Waals surface area contributed by atoms with Gasteiger partial charge in [0.15, 0.2) is 0 Å². The molecule has 21 heavy (non-hydrogen) atoms. The van der Waals surface area contributed by atoms with E-state index in [0.717, 1.165) is 17.1 Å². The molecule has 1 heterocycles. The van der Waals surface area contributed by atoms with Gasteiger partial charge in [0.2, 0.25) is 0 Å². The van der Waals surface area contributed by atoms with E-state index in [-0.39, 0.29) is 0 Å². The number of hydrogen-bond donors (Lipinski definition) is 1. The van der Waals surface area contributed by atoms with Crippen LogP contribution in [0.5, 0.6) is 0 Å². The molecule has 0 aliphatic rings. The number of para-hydroxylation sites is 1. The van der Waals surface area contributed by atoms with Crippen molar-refractivity contribution in [2.24, 2.45) is 0 Å². The first-order valence-electron chi connectivity index (χ1n) is 6.99. The zero-order chi connectivity index (χ0) is 14.7. The summed E-state index contributed by atoms with van der Waals surface area (Å²) < 4.78 is 0. The molecule has 0 saturated heterocycles. The number of benzene rings is 2. The van der Waals surface area contributed by atoms with Crippen LogP contribution < -0.4 is 5.32 Å². The summed E-state index contributed by atoms with van der Waals surface area (Å²) in [5.41, 5.74) is 5.51. The molecule has 0 fully saturated rings. The van der Waals surface area contributed by atoms with Crippen LogP contribution in [0.1, 0.15) is 16.8 Å². The van der Waals surface area contributed by atoms with E-state index >= 15 is 0 Å². The van der Waals surface area contributed by atoms with Crippen molar-refractivity contribution in [3.05, 3.63) is 71.5 Å². The van der Waals surface area contributed by atoms with Gasteiger partial charge in [-0.15, -0.1) is 0 Å². The van der Waals surface area contributed by atoms with Crippen LogP contribution in [0.4, 0.5) is 5.69 Å². The Morgan fingerprint density at radius 1 is 1.00 bits per heavy atom. The van der Waals surface area contributed by atoms with E-state index < -0.39 is 0 Å². The Kier molecular flexibility index (Phi) is 3.69. The third kappa shape index (κ3) is 3.28. The molecule has 0 aliphatic carbocycles. The minimum atomic E-state index is 0.662. The Hall–Kier alpha value is -2.62. The van der Waals surface area contributed by atoms with Gasteiger partial charge in [0.25, 0.3) is 0 Å². The molecule has 0 atom stereocenters. The number of anilines is 1. The van der Waals surface area contributed by atoms with Gasteiger partial charge in [0.1, 0.15) is 5.69 Å². The third-order valence-electron chi connectivity index (χ3n) is 3.22. The molecule has 0 amide bonds. The van der Waals surface area contributed by atoms with Crippen LogP contribution in [0.15, 0.2) is 54.7 Å². The van der Waals surface area contributed by atoms with Crippen LogP contribution in [-0.2, 0) is 6.54 Å². The van der Waals surface area contributed by atoms with Crippen LogP contribution in [-0.4, -0.2) is 15.0 Å². The zero-order valence-corrected chi connectivity index (χ0v) is 12.2. The summed E-state index contributed by atoms with van der Waals surface area (Å²) in [5, 5.41) is 12.2. The second kappa shape index (κ2) is 5.79. The smallest absolute Gasteiger partial charge is 0.102 e. The van der Waals surface area contributed by atoms with Crippen molar-refractivity contribution in [1.29, 1.82) is 0 Å². The average Bonchev–Trinajstić information content (AvgIpc) is 2.94. The molecule has 3 aromatic rings. The fourth-order valence-corrected chi connectivity index (χ4v) is 2.33. The van der Waals surface area contributed by atoms with Crippen LogP contribution in [0.3, 0.4) is 0 Å². The molecular weight excluding hydrogens is 260 g/mol. The summed E-state index contributed by atoms with van der Waals surface area (Å²) in [5.74, 6) is 0. The molecule has 4 heteroatoms. The average molecular weight is 278 g/mol. The molecule has 0 spiro atoms. The summed E-state index contributed by atoms with van der Waals surface area (Å²) in [6.07, 6.45) is 1.79. The second-order valence-corrected chi connectivity index (χ2v) is 5.19. The van der Waals surface area contributed by atoms with Crippen molar-refractivity contribution >= 4 is 5.69 Å². The maximum atomic E-state index is 4.48. The van der Waals surface area contributed by atoms with Gasteiger partial charge in [-0.3, -0.25) is 0 Å². The van der Waals surface area contributed by atoms with Gasteiger partial charge in [0.05, 0.1) is 18.4 Å². The lowest BCUT2D eigenvalue weighted by atomic mass is 10.1. The predicted molar refractivity (Wildman–Crippen MR) is 84.6 cm³/mol. The highest BCUT2D eigenvalue weighted by molar-refractivity contribution is 5.48. The summed E-state index contributed by atoms with van der Waals surface area (Å²) in [6.45, 7) is 4.86. The van der Waals surface area contributed by atoms with Crippen LogP contribution in [0.25, 0.3) is 5.69 Å². The minimum Gasteiger partial charge on any atom is -0.379 e. The van der Waals surface area contributed by atoms with Gasteiger partial charge >= 0.3 is 0 Å². The van der Waals surface area contributed by atoms with Crippen molar-refractivity contribution in [1.82, 2.24) is 15.0 Å². The minimum absolute atomic E-state index is 0.662. The third-order valence-corrected chi connectivity index (χ3v) is 3.22. The summed E-state index contributed by atoms with van der Waals surface area (Å²) in [4.78, 5) is 1.65. The van der Waals surface area contributed by atoms with Gasteiger partial charge in [0, 0.05) is 5.69 Å². The molecule has 0 radical (unpaired) electrons. The highest BCUT2D eigenvalue weighted by Gasteiger charge is 2.03. The Morgan fingerprint density at radius 2 is 1.71 bits per heavy atom. The molecule has 1 N–H and O–H groups in total. The van der Waals surface area contributed by atoms with Gasteiger partial charge in [-0.25, -0.2) is 0 Å². The molecule has 0 saturated carbocycles. The number of rotatable bonds is 4. The van der Waals surface area contributed by atoms with Crippen LogP contribution >= 0.6 is 0 Å². The Balaban J connectivity index is 1.70. The van der Waals surface area contributed by atoms with E-state index in [2.05, 4.69) is 47.6 Å². The molecule has 0 aliphatic heterocycles. The second-order valence-electron chi connectivity index (χ2n) is 5.19. The Bertz CT molecular complexity index is 711. The number of aryl methyl sites for hydroxylation is 2. The normalized spacial score (nSPS) is 10.6. The molecule has 1 aromatic heterocycles. The zero-order valence-electron chi connectivity index (χ0n) is 12.2. The largest absolute Gasteiger partial charge is 0.379 e. The fraction of sp³-hybridized carbons (Fsp3) is 0.176. The molecule has 106 valence electrons. The maximum absolute atomic E-state index is 4.48. The van der Waals surface area contributed by atoms with E-state index in [1.165, 1.54) is 11.1 Å². The van der Waals surface area contributed by atoms with Crippen LogP contribution in [0, 0.1) is 13.8 Å². The number of nitrogens with zero attached hydrogens (tertiary/aromatic N) is 3. The Morgan fingerprint density at radius 3 is 2.43 bits per heavy atom. The highest BCUT2D eigenvalue weighted by atomic mass is 15.5. The number of hydrogen-bond acceptors (Lipinski definition) is 3. The van der Waals surface area contributed by atoms with E-state index in [4.69, 9.17) is 0 Å². The first-order chi connectivity index (χ1) is 10.2. The summed E-state index contributed by atoms with van der Waals surface area (Å²) >= 11 is 0. The maximum Gasteiger partial charge on any atom is 0.102 e.